The second-order valence-corrected chi connectivity index (χ2v) is 5.25. The fraction of sp³-hybridized carbons (Fsp3) is 0.0833. The van der Waals surface area contributed by atoms with Gasteiger partial charge in [-0.2, -0.15) is 0 Å². The molecule has 0 saturated carbocycles. The fourth-order valence-electron chi connectivity index (χ4n) is 1.63. The molecule has 0 aliphatic heterocycles. The minimum absolute atomic E-state index is 0. The molecule has 0 spiro atoms. The smallest absolute Gasteiger partial charge is 0.744 e. The van der Waals surface area contributed by atoms with E-state index < -0.39 is 16.1 Å². The Kier molecular flexibility index (Phi) is 5.17. The van der Waals surface area contributed by atoms with Crippen molar-refractivity contribution < 1.29 is 56.8 Å². The molecule has 0 saturated heterocycles. The third-order valence-electron chi connectivity index (χ3n) is 2.56. The van der Waals surface area contributed by atoms with Gasteiger partial charge in [0.05, 0.1) is 4.90 Å². The van der Waals surface area contributed by atoms with Crippen molar-refractivity contribution in [2.45, 2.75) is 11.8 Å². The molecule has 6 nitrogen and oxygen atoms in total. The van der Waals surface area contributed by atoms with Crippen molar-refractivity contribution in [3.63, 3.8) is 0 Å². The van der Waals surface area contributed by atoms with Crippen LogP contribution in [0.2, 0.25) is 0 Å². The monoisotopic (exact) mass is 304 g/mol. The van der Waals surface area contributed by atoms with Crippen molar-refractivity contribution >= 4 is 16.1 Å². The largest absolute Gasteiger partial charge is 1.00 e. The summed E-state index contributed by atoms with van der Waals surface area (Å²) in [6.07, 6.45) is 0. The van der Waals surface area contributed by atoms with Crippen LogP contribution in [-0.4, -0.2) is 24.0 Å². The molecule has 0 fully saturated rings. The van der Waals surface area contributed by atoms with Gasteiger partial charge in [0.2, 0.25) is 5.76 Å². The van der Waals surface area contributed by atoms with E-state index in [1.807, 2.05) is 0 Å². The van der Waals surface area contributed by atoms with Crippen molar-refractivity contribution in [3.8, 4) is 11.3 Å². The van der Waals surface area contributed by atoms with Crippen molar-refractivity contribution in [1.82, 2.24) is 0 Å². The molecule has 0 aliphatic rings. The third-order valence-corrected chi connectivity index (χ3v) is 3.54. The van der Waals surface area contributed by atoms with Gasteiger partial charge in [-0.25, -0.2) is 13.2 Å². The number of benzene rings is 1. The van der Waals surface area contributed by atoms with E-state index in [0.717, 1.165) is 0 Å². The molecule has 0 amide bonds. The first-order valence-electron chi connectivity index (χ1n) is 5.19. The Bertz CT molecular complexity index is 747. The maximum atomic E-state index is 11.1. The van der Waals surface area contributed by atoms with E-state index in [9.17, 15) is 17.8 Å². The third kappa shape index (κ3) is 3.50. The standard InChI is InChI=1S/C12H10O6S.Na/c1-7-2-3-8(6-11(7)19(15,16)17)9-4-5-10(18-9)12(13)14;/h2-6H,1H3,(H,13,14)(H,15,16,17);/q;+1/p-1. The second kappa shape index (κ2) is 6.11. The minimum atomic E-state index is -4.58. The summed E-state index contributed by atoms with van der Waals surface area (Å²) in [6.45, 7) is 1.50. The van der Waals surface area contributed by atoms with Crippen LogP contribution in [0.5, 0.6) is 0 Å². The van der Waals surface area contributed by atoms with Gasteiger partial charge in [-0.3, -0.25) is 0 Å². The first kappa shape index (κ1) is 16.9. The predicted octanol–water partition coefficient (Wildman–Crippen LogP) is -1.14. The van der Waals surface area contributed by atoms with Crippen LogP contribution in [0.4, 0.5) is 0 Å². The van der Waals surface area contributed by atoms with Gasteiger partial charge < -0.3 is 14.1 Å². The molecule has 1 N–H and O–H groups in total. The van der Waals surface area contributed by atoms with Gasteiger partial charge in [0.25, 0.3) is 0 Å². The Morgan fingerprint density at radius 2 is 1.90 bits per heavy atom. The molecule has 0 atom stereocenters. The molecule has 0 bridgehead atoms. The van der Waals surface area contributed by atoms with E-state index >= 15 is 0 Å². The van der Waals surface area contributed by atoms with Gasteiger partial charge in [0.15, 0.2) is 0 Å². The average Bonchev–Trinajstić information content (AvgIpc) is 2.77. The van der Waals surface area contributed by atoms with E-state index in [1.165, 1.54) is 31.2 Å². The number of rotatable bonds is 3. The summed E-state index contributed by atoms with van der Waals surface area (Å²) in [7, 11) is -4.58. The van der Waals surface area contributed by atoms with E-state index in [0.29, 0.717) is 11.1 Å². The molecule has 1 heterocycles. The number of furan rings is 1. The van der Waals surface area contributed by atoms with Crippen LogP contribution in [0, 0.1) is 6.92 Å². The summed E-state index contributed by atoms with van der Waals surface area (Å²) >= 11 is 0. The number of aryl methyl sites for hydroxylation is 1. The van der Waals surface area contributed by atoms with E-state index in [1.54, 1.807) is 6.07 Å². The average molecular weight is 304 g/mol. The first-order valence-corrected chi connectivity index (χ1v) is 6.60. The molecular formula is C12H9NaO6S. The van der Waals surface area contributed by atoms with Gasteiger partial charge in [-0.1, -0.05) is 12.1 Å². The summed E-state index contributed by atoms with van der Waals surface area (Å²) < 4.78 is 38.3. The zero-order valence-corrected chi connectivity index (χ0v) is 13.6. The normalized spacial score (nSPS) is 10.9. The summed E-state index contributed by atoms with van der Waals surface area (Å²) in [5.41, 5.74) is 0.649. The van der Waals surface area contributed by atoms with Crippen LogP contribution in [0.1, 0.15) is 16.1 Å². The Labute approximate surface area is 137 Å². The Hall–Kier alpha value is -1.12. The second-order valence-electron chi connectivity index (χ2n) is 3.90. The van der Waals surface area contributed by atoms with Crippen molar-refractivity contribution in [2.24, 2.45) is 0 Å². The van der Waals surface area contributed by atoms with Crippen molar-refractivity contribution in [1.29, 1.82) is 0 Å². The molecule has 1 aromatic heterocycles. The molecule has 100 valence electrons. The molecule has 1 aromatic carbocycles. The minimum Gasteiger partial charge on any atom is -0.744 e. The van der Waals surface area contributed by atoms with E-state index in [-0.39, 0.29) is 46.0 Å². The summed E-state index contributed by atoms with van der Waals surface area (Å²) in [4.78, 5) is 10.3. The maximum Gasteiger partial charge on any atom is 1.00 e. The molecule has 2 rings (SSSR count). The number of carboxylic acids is 1. The number of carboxylic acid groups (broad SMARTS) is 1. The number of hydrogen-bond acceptors (Lipinski definition) is 5. The zero-order chi connectivity index (χ0) is 14.2. The van der Waals surface area contributed by atoms with Gasteiger partial charge >= 0.3 is 35.5 Å². The van der Waals surface area contributed by atoms with Crippen LogP contribution in [0.25, 0.3) is 11.3 Å². The number of carbonyl (C=O) groups is 1. The number of hydrogen-bond donors (Lipinski definition) is 1. The van der Waals surface area contributed by atoms with Crippen LogP contribution in [0.15, 0.2) is 39.6 Å². The summed E-state index contributed by atoms with van der Waals surface area (Å²) in [6, 6.07) is 6.83. The van der Waals surface area contributed by atoms with Gasteiger partial charge in [-0.05, 0) is 30.7 Å². The van der Waals surface area contributed by atoms with Gasteiger partial charge in [0, 0.05) is 5.56 Å². The van der Waals surface area contributed by atoms with Crippen molar-refractivity contribution in [3.05, 3.63) is 41.7 Å². The van der Waals surface area contributed by atoms with Gasteiger partial charge in [-0.15, -0.1) is 0 Å². The van der Waals surface area contributed by atoms with E-state index in [4.69, 9.17) is 9.52 Å². The molecule has 2 aromatic rings. The predicted molar refractivity (Wildman–Crippen MR) is 63.8 cm³/mol. The van der Waals surface area contributed by atoms with Crippen LogP contribution >= 0.6 is 0 Å². The van der Waals surface area contributed by atoms with Crippen molar-refractivity contribution in [2.75, 3.05) is 0 Å². The van der Waals surface area contributed by atoms with E-state index in [2.05, 4.69) is 0 Å². The summed E-state index contributed by atoms with van der Waals surface area (Å²) in [5.74, 6) is -1.31. The quantitative estimate of drug-likeness (QED) is 0.567. The Morgan fingerprint density at radius 1 is 1.25 bits per heavy atom. The maximum absolute atomic E-state index is 11.1. The molecular weight excluding hydrogens is 295 g/mol. The van der Waals surface area contributed by atoms with Crippen LogP contribution in [-0.2, 0) is 10.1 Å². The fourth-order valence-corrected chi connectivity index (χ4v) is 2.36. The SMILES string of the molecule is Cc1ccc(-c2ccc(C(=O)O)o2)cc1S(=O)(=O)[O-].[Na+]. The molecule has 0 aliphatic carbocycles. The Balaban J connectivity index is 0.00000200. The molecule has 20 heavy (non-hydrogen) atoms. The molecule has 0 unspecified atom stereocenters. The van der Waals surface area contributed by atoms with Crippen LogP contribution in [0.3, 0.4) is 0 Å². The zero-order valence-electron chi connectivity index (χ0n) is 10.8. The topological polar surface area (TPSA) is 108 Å². The molecule has 0 radical (unpaired) electrons. The number of aromatic carboxylic acids is 1. The molecule has 8 heteroatoms. The van der Waals surface area contributed by atoms with Crippen LogP contribution < -0.4 is 29.6 Å². The first-order chi connectivity index (χ1) is 8.79. The Morgan fingerprint density at radius 3 is 2.40 bits per heavy atom. The summed E-state index contributed by atoms with van der Waals surface area (Å²) in [5, 5.41) is 8.73. The van der Waals surface area contributed by atoms with Gasteiger partial charge in [0.1, 0.15) is 15.9 Å².